The SMILES string of the molecule is Cc1ccc2ccccc2n1.Cc1ncc2ccccc2n1. The quantitative estimate of drug-likeness (QED) is 0.478. The van der Waals surface area contributed by atoms with Gasteiger partial charge in [-0.15, -0.1) is 0 Å². The highest BCUT2D eigenvalue weighted by molar-refractivity contribution is 5.78. The van der Waals surface area contributed by atoms with Crippen LogP contribution in [-0.4, -0.2) is 15.0 Å². The monoisotopic (exact) mass is 287 g/mol. The number of benzene rings is 2. The Morgan fingerprint density at radius 1 is 0.636 bits per heavy atom. The third kappa shape index (κ3) is 3.26. The fourth-order valence-corrected chi connectivity index (χ4v) is 2.23. The predicted octanol–water partition coefficient (Wildman–Crippen LogP) is 4.48. The lowest BCUT2D eigenvalue weighted by Gasteiger charge is -1.95. The molecule has 0 N–H and O–H groups in total. The van der Waals surface area contributed by atoms with Crippen molar-refractivity contribution < 1.29 is 0 Å². The molecular formula is C19H17N3. The van der Waals surface area contributed by atoms with E-state index < -0.39 is 0 Å². The van der Waals surface area contributed by atoms with Gasteiger partial charge in [0, 0.05) is 22.7 Å². The van der Waals surface area contributed by atoms with Crippen molar-refractivity contribution in [1.29, 1.82) is 0 Å². The number of aromatic nitrogens is 3. The zero-order valence-electron chi connectivity index (χ0n) is 12.7. The first-order chi connectivity index (χ1) is 10.7. The van der Waals surface area contributed by atoms with Crippen LogP contribution in [-0.2, 0) is 0 Å². The number of para-hydroxylation sites is 2. The lowest BCUT2D eigenvalue weighted by Crippen LogP contribution is -1.86. The predicted molar refractivity (Wildman–Crippen MR) is 90.8 cm³/mol. The Kier molecular flexibility index (Phi) is 4.05. The molecule has 4 aromatic rings. The molecule has 108 valence electrons. The Hall–Kier alpha value is -2.81. The van der Waals surface area contributed by atoms with Crippen molar-refractivity contribution in [1.82, 2.24) is 15.0 Å². The van der Waals surface area contributed by atoms with E-state index in [9.17, 15) is 0 Å². The minimum Gasteiger partial charge on any atom is -0.253 e. The summed E-state index contributed by atoms with van der Waals surface area (Å²) in [6.07, 6.45) is 1.84. The van der Waals surface area contributed by atoms with Gasteiger partial charge in [-0.3, -0.25) is 4.98 Å². The average Bonchev–Trinajstić information content (AvgIpc) is 2.55. The Morgan fingerprint density at radius 2 is 1.27 bits per heavy atom. The van der Waals surface area contributed by atoms with Gasteiger partial charge in [0.15, 0.2) is 0 Å². The molecule has 0 bridgehead atoms. The van der Waals surface area contributed by atoms with Crippen LogP contribution in [0, 0.1) is 13.8 Å². The molecule has 0 spiro atoms. The van der Waals surface area contributed by atoms with Crippen LogP contribution in [0.3, 0.4) is 0 Å². The summed E-state index contributed by atoms with van der Waals surface area (Å²) in [5, 5.41) is 2.30. The average molecular weight is 287 g/mol. The first kappa shape index (κ1) is 14.1. The summed E-state index contributed by atoms with van der Waals surface area (Å²) in [5.74, 6) is 0.823. The molecule has 3 heteroatoms. The van der Waals surface area contributed by atoms with Gasteiger partial charge in [0.25, 0.3) is 0 Å². The molecule has 3 nitrogen and oxygen atoms in total. The second-order valence-corrected chi connectivity index (χ2v) is 5.12. The van der Waals surface area contributed by atoms with Crippen LogP contribution < -0.4 is 0 Å². The van der Waals surface area contributed by atoms with Crippen molar-refractivity contribution in [2.24, 2.45) is 0 Å². The molecule has 0 fully saturated rings. The number of aryl methyl sites for hydroxylation is 2. The molecule has 0 amide bonds. The lowest BCUT2D eigenvalue weighted by molar-refractivity contribution is 1.09. The van der Waals surface area contributed by atoms with Crippen LogP contribution in [0.4, 0.5) is 0 Å². The van der Waals surface area contributed by atoms with Crippen molar-refractivity contribution in [3.05, 3.63) is 78.4 Å². The third-order valence-corrected chi connectivity index (χ3v) is 3.35. The molecule has 0 saturated heterocycles. The molecule has 0 aliphatic rings. The second-order valence-electron chi connectivity index (χ2n) is 5.12. The van der Waals surface area contributed by atoms with Gasteiger partial charge >= 0.3 is 0 Å². The Balaban J connectivity index is 0.000000131. The molecule has 2 aromatic carbocycles. The number of pyridine rings is 1. The van der Waals surface area contributed by atoms with Gasteiger partial charge < -0.3 is 0 Å². The summed E-state index contributed by atoms with van der Waals surface area (Å²) < 4.78 is 0. The van der Waals surface area contributed by atoms with Crippen LogP contribution >= 0.6 is 0 Å². The smallest absolute Gasteiger partial charge is 0.125 e. The Morgan fingerprint density at radius 3 is 2.05 bits per heavy atom. The van der Waals surface area contributed by atoms with Gasteiger partial charge in [-0.25, -0.2) is 9.97 Å². The summed E-state index contributed by atoms with van der Waals surface area (Å²) in [6, 6.07) is 20.2. The van der Waals surface area contributed by atoms with Crippen LogP contribution in [0.15, 0.2) is 66.9 Å². The molecule has 0 aliphatic carbocycles. The standard InChI is InChI=1S/C10H9N.C9H8N2/c1-8-6-7-9-4-2-3-5-10(9)11-8;1-7-10-6-8-4-2-3-5-9(8)11-7/h2-7H,1H3;2-6H,1H3. The highest BCUT2D eigenvalue weighted by atomic mass is 14.9. The molecule has 4 rings (SSSR count). The van der Waals surface area contributed by atoms with Gasteiger partial charge in [-0.1, -0.05) is 42.5 Å². The minimum atomic E-state index is 0.823. The molecule has 2 heterocycles. The molecule has 0 saturated carbocycles. The Bertz CT molecular complexity index is 839. The van der Waals surface area contributed by atoms with E-state index in [4.69, 9.17) is 0 Å². The van der Waals surface area contributed by atoms with Crippen LogP contribution in [0.2, 0.25) is 0 Å². The molecule has 22 heavy (non-hydrogen) atoms. The maximum Gasteiger partial charge on any atom is 0.125 e. The first-order valence-electron chi connectivity index (χ1n) is 7.23. The number of fused-ring (bicyclic) bond motifs is 2. The number of rotatable bonds is 0. The summed E-state index contributed by atoms with van der Waals surface area (Å²) in [7, 11) is 0. The van der Waals surface area contributed by atoms with E-state index in [0.717, 1.165) is 27.9 Å². The third-order valence-electron chi connectivity index (χ3n) is 3.35. The maximum absolute atomic E-state index is 4.38. The highest BCUT2D eigenvalue weighted by Crippen LogP contribution is 2.10. The fourth-order valence-electron chi connectivity index (χ4n) is 2.23. The van der Waals surface area contributed by atoms with Gasteiger partial charge in [0.1, 0.15) is 5.82 Å². The van der Waals surface area contributed by atoms with E-state index in [0.29, 0.717) is 0 Å². The first-order valence-corrected chi connectivity index (χ1v) is 7.23. The lowest BCUT2D eigenvalue weighted by atomic mass is 10.2. The summed E-state index contributed by atoms with van der Waals surface area (Å²) in [4.78, 5) is 12.7. The summed E-state index contributed by atoms with van der Waals surface area (Å²) in [5.41, 5.74) is 3.16. The van der Waals surface area contributed by atoms with Crippen LogP contribution in [0.1, 0.15) is 11.5 Å². The van der Waals surface area contributed by atoms with Crippen LogP contribution in [0.5, 0.6) is 0 Å². The molecule has 0 aliphatic heterocycles. The highest BCUT2D eigenvalue weighted by Gasteiger charge is 1.92. The molecular weight excluding hydrogens is 270 g/mol. The zero-order chi connectivity index (χ0) is 15.4. The van der Waals surface area contributed by atoms with Gasteiger partial charge in [0.05, 0.1) is 11.0 Å². The second kappa shape index (κ2) is 6.31. The number of hydrogen-bond donors (Lipinski definition) is 0. The van der Waals surface area contributed by atoms with Crippen molar-refractivity contribution in [2.75, 3.05) is 0 Å². The van der Waals surface area contributed by atoms with Gasteiger partial charge in [-0.2, -0.15) is 0 Å². The van der Waals surface area contributed by atoms with Crippen molar-refractivity contribution in [3.63, 3.8) is 0 Å². The molecule has 2 aromatic heterocycles. The van der Waals surface area contributed by atoms with E-state index in [2.05, 4.69) is 27.1 Å². The molecule has 0 radical (unpaired) electrons. The number of nitrogens with zero attached hydrogens (tertiary/aromatic N) is 3. The van der Waals surface area contributed by atoms with Crippen molar-refractivity contribution in [2.45, 2.75) is 13.8 Å². The Labute approximate surface area is 129 Å². The fraction of sp³-hybridized carbons (Fsp3) is 0.105. The van der Waals surface area contributed by atoms with E-state index in [1.165, 1.54) is 5.39 Å². The molecule has 0 atom stereocenters. The molecule has 0 unspecified atom stereocenters. The van der Waals surface area contributed by atoms with Crippen LogP contribution in [0.25, 0.3) is 21.8 Å². The van der Waals surface area contributed by atoms with Crippen molar-refractivity contribution in [3.8, 4) is 0 Å². The van der Waals surface area contributed by atoms with E-state index >= 15 is 0 Å². The van der Waals surface area contributed by atoms with E-state index in [-0.39, 0.29) is 0 Å². The van der Waals surface area contributed by atoms with Gasteiger partial charge in [-0.05, 0) is 32.0 Å². The largest absolute Gasteiger partial charge is 0.253 e. The summed E-state index contributed by atoms with van der Waals surface area (Å²) >= 11 is 0. The minimum absolute atomic E-state index is 0.823. The van der Waals surface area contributed by atoms with Gasteiger partial charge in [0.2, 0.25) is 0 Å². The number of hydrogen-bond acceptors (Lipinski definition) is 3. The summed E-state index contributed by atoms with van der Waals surface area (Å²) in [6.45, 7) is 3.90. The normalized spacial score (nSPS) is 10.3. The zero-order valence-corrected chi connectivity index (χ0v) is 12.7. The topological polar surface area (TPSA) is 38.7 Å². The van der Waals surface area contributed by atoms with E-state index in [1.807, 2.05) is 68.6 Å². The maximum atomic E-state index is 4.38. The van der Waals surface area contributed by atoms with Crippen molar-refractivity contribution >= 4 is 21.8 Å². The van der Waals surface area contributed by atoms with E-state index in [1.54, 1.807) is 0 Å².